The SMILES string of the molecule is O=C(O)c1ccc(CN2C(=O)NC3(CCOCC3)C2=O)o1. The number of carbonyl (C=O) groups is 3. The molecule has 8 heteroatoms. The second-order valence-corrected chi connectivity index (χ2v) is 5.09. The van der Waals surface area contributed by atoms with Gasteiger partial charge in [0.2, 0.25) is 5.76 Å². The Kier molecular flexibility index (Phi) is 3.17. The van der Waals surface area contributed by atoms with Crippen molar-refractivity contribution in [3.05, 3.63) is 23.7 Å². The van der Waals surface area contributed by atoms with Gasteiger partial charge in [0.25, 0.3) is 5.91 Å². The molecule has 3 rings (SSSR count). The van der Waals surface area contributed by atoms with Crippen molar-refractivity contribution in [1.29, 1.82) is 0 Å². The van der Waals surface area contributed by atoms with E-state index in [2.05, 4.69) is 5.32 Å². The van der Waals surface area contributed by atoms with Gasteiger partial charge in [-0.2, -0.15) is 0 Å². The normalized spacial score (nSPS) is 20.9. The number of nitrogens with one attached hydrogen (secondary N) is 1. The van der Waals surface area contributed by atoms with E-state index in [4.69, 9.17) is 14.3 Å². The van der Waals surface area contributed by atoms with Gasteiger partial charge in [-0.05, 0) is 12.1 Å². The number of hydrogen-bond acceptors (Lipinski definition) is 5. The van der Waals surface area contributed by atoms with Gasteiger partial charge in [0.05, 0.1) is 6.54 Å². The molecule has 0 radical (unpaired) electrons. The van der Waals surface area contributed by atoms with Gasteiger partial charge in [-0.15, -0.1) is 0 Å². The van der Waals surface area contributed by atoms with Gasteiger partial charge >= 0.3 is 12.0 Å². The maximum atomic E-state index is 12.5. The molecule has 0 saturated carbocycles. The zero-order chi connectivity index (χ0) is 15.0. The van der Waals surface area contributed by atoms with Crippen LogP contribution < -0.4 is 5.32 Å². The number of hydrogen-bond donors (Lipinski definition) is 2. The Hall–Kier alpha value is -2.35. The van der Waals surface area contributed by atoms with Gasteiger partial charge in [0.15, 0.2) is 0 Å². The summed E-state index contributed by atoms with van der Waals surface area (Å²) in [6, 6.07) is 2.24. The van der Waals surface area contributed by atoms with Gasteiger partial charge < -0.3 is 19.6 Å². The summed E-state index contributed by atoms with van der Waals surface area (Å²) in [5, 5.41) is 11.5. The van der Waals surface area contributed by atoms with E-state index in [1.54, 1.807) is 0 Å². The van der Waals surface area contributed by atoms with E-state index in [0.29, 0.717) is 26.1 Å². The molecule has 2 fully saturated rings. The first-order chi connectivity index (χ1) is 10.0. The minimum absolute atomic E-state index is 0.0828. The van der Waals surface area contributed by atoms with E-state index in [1.165, 1.54) is 12.1 Å². The Labute approximate surface area is 119 Å². The fraction of sp³-hybridized carbons (Fsp3) is 0.462. The van der Waals surface area contributed by atoms with E-state index >= 15 is 0 Å². The van der Waals surface area contributed by atoms with Gasteiger partial charge in [0.1, 0.15) is 11.3 Å². The van der Waals surface area contributed by atoms with Crippen LogP contribution >= 0.6 is 0 Å². The Morgan fingerprint density at radius 1 is 1.33 bits per heavy atom. The van der Waals surface area contributed by atoms with Crippen molar-refractivity contribution in [3.8, 4) is 0 Å². The Morgan fingerprint density at radius 2 is 2.05 bits per heavy atom. The van der Waals surface area contributed by atoms with Crippen molar-refractivity contribution in [3.63, 3.8) is 0 Å². The highest BCUT2D eigenvalue weighted by Gasteiger charge is 2.51. The predicted molar refractivity (Wildman–Crippen MR) is 67.5 cm³/mol. The maximum absolute atomic E-state index is 12.5. The molecule has 21 heavy (non-hydrogen) atoms. The second-order valence-electron chi connectivity index (χ2n) is 5.09. The number of imide groups is 1. The number of carboxylic acid groups (broad SMARTS) is 1. The molecular weight excluding hydrogens is 280 g/mol. The first kappa shape index (κ1) is 13.6. The highest BCUT2D eigenvalue weighted by atomic mass is 16.5. The summed E-state index contributed by atoms with van der Waals surface area (Å²) >= 11 is 0. The molecule has 2 saturated heterocycles. The molecule has 3 heterocycles. The highest BCUT2D eigenvalue weighted by Crippen LogP contribution is 2.29. The third-order valence-corrected chi connectivity index (χ3v) is 3.78. The lowest BCUT2D eigenvalue weighted by Crippen LogP contribution is -2.51. The van der Waals surface area contributed by atoms with E-state index in [0.717, 1.165) is 4.90 Å². The van der Waals surface area contributed by atoms with E-state index in [-0.39, 0.29) is 24.0 Å². The topological polar surface area (TPSA) is 109 Å². The lowest BCUT2D eigenvalue weighted by molar-refractivity contribution is -0.135. The van der Waals surface area contributed by atoms with Gasteiger partial charge in [-0.25, -0.2) is 9.59 Å². The van der Waals surface area contributed by atoms with Crippen molar-refractivity contribution in [2.45, 2.75) is 24.9 Å². The largest absolute Gasteiger partial charge is 0.475 e. The molecule has 0 atom stereocenters. The van der Waals surface area contributed by atoms with Gasteiger partial charge in [-0.3, -0.25) is 9.69 Å². The van der Waals surface area contributed by atoms with E-state index in [1.807, 2.05) is 0 Å². The van der Waals surface area contributed by atoms with Crippen molar-refractivity contribution in [1.82, 2.24) is 10.2 Å². The summed E-state index contributed by atoms with van der Waals surface area (Å²) in [7, 11) is 0. The first-order valence-electron chi connectivity index (χ1n) is 6.56. The lowest BCUT2D eigenvalue weighted by Gasteiger charge is -2.30. The first-order valence-corrected chi connectivity index (χ1v) is 6.56. The summed E-state index contributed by atoms with van der Waals surface area (Å²) in [5.41, 5.74) is -0.891. The highest BCUT2D eigenvalue weighted by molar-refractivity contribution is 6.07. The van der Waals surface area contributed by atoms with Crippen molar-refractivity contribution < 1.29 is 28.6 Å². The molecule has 0 aromatic carbocycles. The molecule has 8 nitrogen and oxygen atoms in total. The fourth-order valence-electron chi connectivity index (χ4n) is 2.61. The molecule has 0 unspecified atom stereocenters. The Balaban J connectivity index is 1.77. The van der Waals surface area contributed by atoms with Crippen molar-refractivity contribution in [2.75, 3.05) is 13.2 Å². The monoisotopic (exact) mass is 294 g/mol. The number of carbonyl (C=O) groups excluding carboxylic acids is 2. The number of furan rings is 1. The third kappa shape index (κ3) is 2.27. The molecule has 2 N–H and O–H groups in total. The van der Waals surface area contributed by atoms with Crippen LogP contribution in [0, 0.1) is 0 Å². The molecular formula is C13H14N2O6. The van der Waals surface area contributed by atoms with Crippen LogP contribution in [0.15, 0.2) is 16.5 Å². The number of ether oxygens (including phenoxy) is 1. The molecule has 3 amide bonds. The number of nitrogens with zero attached hydrogens (tertiary/aromatic N) is 1. The van der Waals surface area contributed by atoms with Crippen LogP contribution in [0.25, 0.3) is 0 Å². The zero-order valence-corrected chi connectivity index (χ0v) is 11.1. The average Bonchev–Trinajstić information content (AvgIpc) is 3.00. The summed E-state index contributed by atoms with van der Waals surface area (Å²) in [6.45, 7) is 0.758. The molecule has 0 bridgehead atoms. The van der Waals surface area contributed by atoms with Crippen LogP contribution in [-0.4, -0.2) is 46.7 Å². The number of urea groups is 1. The lowest BCUT2D eigenvalue weighted by atomic mass is 9.90. The molecule has 2 aliphatic rings. The number of amides is 3. The van der Waals surface area contributed by atoms with Crippen LogP contribution in [0.1, 0.15) is 29.2 Å². The summed E-state index contributed by atoms with van der Waals surface area (Å²) in [6.07, 6.45) is 0.874. The minimum Gasteiger partial charge on any atom is -0.475 e. The van der Waals surface area contributed by atoms with Gasteiger partial charge in [-0.1, -0.05) is 0 Å². The third-order valence-electron chi connectivity index (χ3n) is 3.78. The fourth-order valence-corrected chi connectivity index (χ4v) is 2.61. The Morgan fingerprint density at radius 3 is 2.67 bits per heavy atom. The van der Waals surface area contributed by atoms with Crippen LogP contribution in [-0.2, 0) is 16.1 Å². The Bertz CT molecular complexity index is 602. The van der Waals surface area contributed by atoms with Crippen LogP contribution in [0.3, 0.4) is 0 Å². The summed E-state index contributed by atoms with van der Waals surface area (Å²) < 4.78 is 10.3. The van der Waals surface area contributed by atoms with Crippen molar-refractivity contribution in [2.24, 2.45) is 0 Å². The molecule has 1 spiro atoms. The molecule has 1 aromatic rings. The van der Waals surface area contributed by atoms with Crippen LogP contribution in [0.2, 0.25) is 0 Å². The van der Waals surface area contributed by atoms with Crippen LogP contribution in [0.5, 0.6) is 0 Å². The second kappa shape index (κ2) is 4.88. The molecule has 1 aromatic heterocycles. The molecule has 2 aliphatic heterocycles. The number of rotatable bonds is 3. The number of aromatic carboxylic acids is 1. The minimum atomic E-state index is -1.20. The standard InChI is InChI=1S/C13H14N2O6/c16-10(17)9-2-1-8(21-9)7-15-11(18)13(14-12(15)19)3-5-20-6-4-13/h1-2H,3-7H2,(H,14,19)(H,16,17). The van der Waals surface area contributed by atoms with E-state index < -0.39 is 17.5 Å². The number of carboxylic acids is 1. The molecule has 0 aliphatic carbocycles. The predicted octanol–water partition coefficient (Wildman–Crippen LogP) is 0.579. The summed E-state index contributed by atoms with van der Waals surface area (Å²) in [4.78, 5) is 36.3. The smallest absolute Gasteiger partial charge is 0.371 e. The van der Waals surface area contributed by atoms with Crippen molar-refractivity contribution >= 4 is 17.9 Å². The maximum Gasteiger partial charge on any atom is 0.371 e. The summed E-state index contributed by atoms with van der Waals surface area (Å²) in [5.74, 6) is -1.48. The van der Waals surface area contributed by atoms with E-state index in [9.17, 15) is 14.4 Å². The van der Waals surface area contributed by atoms with Crippen LogP contribution in [0.4, 0.5) is 4.79 Å². The molecule has 112 valence electrons. The average molecular weight is 294 g/mol. The quantitative estimate of drug-likeness (QED) is 0.789. The zero-order valence-electron chi connectivity index (χ0n) is 11.1. The van der Waals surface area contributed by atoms with Gasteiger partial charge in [0, 0.05) is 26.1 Å².